The van der Waals surface area contributed by atoms with Crippen LogP contribution in [-0.4, -0.2) is 22.9 Å². The predicted octanol–water partition coefficient (Wildman–Crippen LogP) is 2.77. The Balaban J connectivity index is 2.06. The summed E-state index contributed by atoms with van der Waals surface area (Å²) in [7, 11) is 0. The Morgan fingerprint density at radius 2 is 2.24 bits per heavy atom. The molecule has 0 atom stereocenters. The van der Waals surface area contributed by atoms with Gasteiger partial charge in [-0.1, -0.05) is 26.0 Å². The topological polar surface area (TPSA) is 67.0 Å². The van der Waals surface area contributed by atoms with E-state index in [1.54, 1.807) is 0 Å². The molecule has 2 aromatic rings. The molecule has 0 aliphatic carbocycles. The van der Waals surface area contributed by atoms with E-state index in [1.165, 1.54) is 0 Å². The minimum atomic E-state index is -0.476. The van der Waals surface area contributed by atoms with E-state index in [1.807, 2.05) is 38.1 Å². The highest BCUT2D eigenvalue weighted by atomic mass is 16.5. The molecule has 0 aliphatic heterocycles. The molecule has 1 heterocycles. The molecular weight excluding hydrogens is 218 g/mol. The molecule has 0 aliphatic rings. The maximum absolute atomic E-state index is 11.5. The number of hydrogen-bond acceptors (Lipinski definition) is 3. The lowest BCUT2D eigenvalue weighted by molar-refractivity contribution is 0.147. The van der Waals surface area contributed by atoms with Crippen LogP contribution < -0.4 is 5.32 Å². The number of amides is 1. The van der Waals surface area contributed by atoms with Gasteiger partial charge in [-0.2, -0.15) is 5.10 Å². The average Bonchev–Trinajstić information content (AvgIpc) is 2.70. The van der Waals surface area contributed by atoms with Crippen molar-refractivity contribution in [3.8, 4) is 0 Å². The van der Waals surface area contributed by atoms with Crippen molar-refractivity contribution in [1.82, 2.24) is 10.2 Å². The fourth-order valence-corrected chi connectivity index (χ4v) is 1.43. The number of carbonyl (C=O) groups excluding carboxylic acids is 1. The van der Waals surface area contributed by atoms with Gasteiger partial charge >= 0.3 is 6.09 Å². The first kappa shape index (κ1) is 11.4. The van der Waals surface area contributed by atoms with Gasteiger partial charge in [0, 0.05) is 5.39 Å². The second-order valence-corrected chi connectivity index (χ2v) is 4.24. The van der Waals surface area contributed by atoms with Gasteiger partial charge in [0.05, 0.1) is 12.1 Å². The Bertz CT molecular complexity index is 519. The molecule has 1 aromatic carbocycles. The molecule has 0 bridgehead atoms. The average molecular weight is 233 g/mol. The summed E-state index contributed by atoms with van der Waals surface area (Å²) in [6.07, 6.45) is -0.476. The maximum atomic E-state index is 11.5. The highest BCUT2D eigenvalue weighted by molar-refractivity contribution is 5.96. The Kier molecular flexibility index (Phi) is 3.27. The van der Waals surface area contributed by atoms with E-state index in [0.29, 0.717) is 18.3 Å². The summed E-state index contributed by atoms with van der Waals surface area (Å²) >= 11 is 0. The molecule has 1 aromatic heterocycles. The minimum Gasteiger partial charge on any atom is -0.449 e. The summed E-state index contributed by atoms with van der Waals surface area (Å²) in [4.78, 5) is 11.5. The van der Waals surface area contributed by atoms with Crippen molar-refractivity contribution in [3.05, 3.63) is 24.3 Å². The molecule has 90 valence electrons. The summed E-state index contributed by atoms with van der Waals surface area (Å²) in [5.74, 6) is 0.811. The highest BCUT2D eigenvalue weighted by Gasteiger charge is 2.09. The molecule has 0 fully saturated rings. The predicted molar refractivity (Wildman–Crippen MR) is 65.9 cm³/mol. The van der Waals surface area contributed by atoms with Crippen LogP contribution >= 0.6 is 0 Å². The number of carbonyl (C=O) groups is 1. The summed E-state index contributed by atoms with van der Waals surface area (Å²) < 4.78 is 5.02. The van der Waals surface area contributed by atoms with Crippen molar-refractivity contribution in [2.45, 2.75) is 13.8 Å². The normalized spacial score (nSPS) is 10.8. The Morgan fingerprint density at radius 1 is 1.47 bits per heavy atom. The summed E-state index contributed by atoms with van der Waals surface area (Å²) in [5, 5.41) is 10.3. The van der Waals surface area contributed by atoms with Crippen LogP contribution in [0.3, 0.4) is 0 Å². The van der Waals surface area contributed by atoms with Crippen LogP contribution in [0.15, 0.2) is 24.3 Å². The van der Waals surface area contributed by atoms with Gasteiger partial charge in [0.2, 0.25) is 0 Å². The molecule has 5 heteroatoms. The molecule has 5 nitrogen and oxygen atoms in total. The highest BCUT2D eigenvalue weighted by Crippen LogP contribution is 2.19. The zero-order valence-corrected chi connectivity index (χ0v) is 9.86. The fourth-order valence-electron chi connectivity index (χ4n) is 1.43. The third-order valence-electron chi connectivity index (χ3n) is 2.24. The number of nitrogens with zero attached hydrogens (tertiary/aromatic N) is 1. The van der Waals surface area contributed by atoms with Crippen LogP contribution in [0.25, 0.3) is 10.9 Å². The molecule has 2 N–H and O–H groups in total. The van der Waals surface area contributed by atoms with Gasteiger partial charge in [0.15, 0.2) is 5.82 Å². The molecule has 0 spiro atoms. The van der Waals surface area contributed by atoms with Gasteiger partial charge < -0.3 is 4.74 Å². The molecule has 0 unspecified atom stereocenters. The standard InChI is InChI=1S/C12H15N3O2/c1-8(2)7-17-12(16)13-11-9-5-3-4-6-10(9)14-15-11/h3-6,8H,7H2,1-2H3,(H2,13,14,15,16). The maximum Gasteiger partial charge on any atom is 0.412 e. The first-order valence-corrected chi connectivity index (χ1v) is 5.53. The zero-order valence-electron chi connectivity index (χ0n) is 9.86. The Morgan fingerprint density at radius 3 is 3.00 bits per heavy atom. The molecule has 0 saturated carbocycles. The largest absolute Gasteiger partial charge is 0.449 e. The summed E-state index contributed by atoms with van der Waals surface area (Å²) in [6.45, 7) is 4.36. The fraction of sp³-hybridized carbons (Fsp3) is 0.333. The van der Waals surface area contributed by atoms with Crippen molar-refractivity contribution >= 4 is 22.8 Å². The van der Waals surface area contributed by atoms with Gasteiger partial charge in [-0.05, 0) is 18.1 Å². The number of ether oxygens (including phenoxy) is 1. The van der Waals surface area contributed by atoms with Crippen molar-refractivity contribution in [1.29, 1.82) is 0 Å². The minimum absolute atomic E-state index is 0.316. The number of rotatable bonds is 3. The van der Waals surface area contributed by atoms with Gasteiger partial charge in [0.1, 0.15) is 0 Å². The SMILES string of the molecule is CC(C)COC(=O)Nc1n[nH]c2ccccc12. The Labute approximate surface area is 99.2 Å². The van der Waals surface area contributed by atoms with Crippen LogP contribution in [0.1, 0.15) is 13.8 Å². The molecular formula is C12H15N3O2. The van der Waals surface area contributed by atoms with Crippen molar-refractivity contribution < 1.29 is 9.53 Å². The third kappa shape index (κ3) is 2.75. The summed E-state index contributed by atoms with van der Waals surface area (Å²) in [6, 6.07) is 7.58. The van der Waals surface area contributed by atoms with E-state index < -0.39 is 6.09 Å². The molecule has 0 saturated heterocycles. The number of hydrogen-bond donors (Lipinski definition) is 2. The quantitative estimate of drug-likeness (QED) is 0.856. The van der Waals surface area contributed by atoms with E-state index in [9.17, 15) is 4.79 Å². The van der Waals surface area contributed by atoms with Gasteiger partial charge in [-0.15, -0.1) is 0 Å². The third-order valence-corrected chi connectivity index (χ3v) is 2.24. The first-order chi connectivity index (χ1) is 8.16. The lowest BCUT2D eigenvalue weighted by atomic mass is 10.2. The number of anilines is 1. The smallest absolute Gasteiger partial charge is 0.412 e. The van der Waals surface area contributed by atoms with Crippen LogP contribution in [0.5, 0.6) is 0 Å². The van der Waals surface area contributed by atoms with Gasteiger partial charge in [-0.3, -0.25) is 10.4 Å². The van der Waals surface area contributed by atoms with Gasteiger partial charge in [0.25, 0.3) is 0 Å². The van der Waals surface area contributed by atoms with E-state index in [-0.39, 0.29) is 0 Å². The monoisotopic (exact) mass is 233 g/mol. The van der Waals surface area contributed by atoms with E-state index in [2.05, 4.69) is 15.5 Å². The number of fused-ring (bicyclic) bond motifs is 1. The van der Waals surface area contributed by atoms with Gasteiger partial charge in [-0.25, -0.2) is 4.79 Å². The molecule has 1 amide bonds. The Hall–Kier alpha value is -2.04. The van der Waals surface area contributed by atoms with Crippen LogP contribution in [-0.2, 0) is 4.74 Å². The molecule has 17 heavy (non-hydrogen) atoms. The second-order valence-electron chi connectivity index (χ2n) is 4.24. The van der Waals surface area contributed by atoms with Crippen LogP contribution in [0, 0.1) is 5.92 Å². The number of H-pyrrole nitrogens is 1. The van der Waals surface area contributed by atoms with E-state index in [0.717, 1.165) is 10.9 Å². The van der Waals surface area contributed by atoms with Crippen molar-refractivity contribution in [2.75, 3.05) is 11.9 Å². The van der Waals surface area contributed by atoms with Crippen LogP contribution in [0.4, 0.5) is 10.6 Å². The number of nitrogens with one attached hydrogen (secondary N) is 2. The van der Waals surface area contributed by atoms with E-state index >= 15 is 0 Å². The van der Waals surface area contributed by atoms with E-state index in [4.69, 9.17) is 4.74 Å². The van der Waals surface area contributed by atoms with Crippen LogP contribution in [0.2, 0.25) is 0 Å². The number of aromatic amines is 1. The number of benzene rings is 1. The zero-order chi connectivity index (χ0) is 12.3. The lowest BCUT2D eigenvalue weighted by Crippen LogP contribution is -2.16. The first-order valence-electron chi connectivity index (χ1n) is 5.53. The molecule has 2 rings (SSSR count). The van der Waals surface area contributed by atoms with Crippen molar-refractivity contribution in [3.63, 3.8) is 0 Å². The van der Waals surface area contributed by atoms with Crippen molar-refractivity contribution in [2.24, 2.45) is 5.92 Å². The summed E-state index contributed by atoms with van der Waals surface area (Å²) in [5.41, 5.74) is 0.881. The molecule has 0 radical (unpaired) electrons. The lowest BCUT2D eigenvalue weighted by Gasteiger charge is -2.07. The number of aromatic nitrogens is 2. The second kappa shape index (κ2) is 4.86. The number of para-hydroxylation sites is 1.